The molecule has 0 aromatic heterocycles. The van der Waals surface area contributed by atoms with Crippen molar-refractivity contribution >= 4 is 5.91 Å². The van der Waals surface area contributed by atoms with Gasteiger partial charge in [0.15, 0.2) is 6.29 Å². The average molecular weight is 1050 g/mol. The zero-order valence-electron chi connectivity index (χ0n) is 48.0. The number of rotatable bonds is 52. The highest BCUT2D eigenvalue weighted by molar-refractivity contribution is 5.76. The lowest BCUT2D eigenvalue weighted by Gasteiger charge is -2.40. The molecular formula is C66H115NO8. The highest BCUT2D eigenvalue weighted by Gasteiger charge is 2.44. The molecule has 0 spiro atoms. The number of hydrogen-bond acceptors (Lipinski definition) is 8. The number of ether oxygens (including phenoxy) is 2. The number of aliphatic hydroxyl groups is 5. The normalized spacial score (nSPS) is 19.6. The van der Waals surface area contributed by atoms with Crippen molar-refractivity contribution in [3.8, 4) is 0 Å². The number of carbonyl (C=O) groups is 1. The zero-order valence-corrected chi connectivity index (χ0v) is 48.0. The fourth-order valence-corrected chi connectivity index (χ4v) is 9.31. The molecule has 7 atom stereocenters. The maximum atomic E-state index is 13.0. The Morgan fingerprint density at radius 3 is 1.27 bits per heavy atom. The van der Waals surface area contributed by atoms with Gasteiger partial charge < -0.3 is 40.3 Å². The molecule has 1 aliphatic heterocycles. The lowest BCUT2D eigenvalue weighted by molar-refractivity contribution is -0.302. The molecule has 0 aliphatic carbocycles. The van der Waals surface area contributed by atoms with Crippen LogP contribution in [0, 0.1) is 0 Å². The first-order valence-corrected chi connectivity index (χ1v) is 31.0. The number of nitrogens with one attached hydrogen (secondary N) is 1. The monoisotopic (exact) mass is 1050 g/mol. The number of unbranched alkanes of at least 4 members (excludes halogenated alkanes) is 28. The SMILES string of the molecule is CC/C=C\C/C=C\C/C=C\C/C=C\C/C=C\C/C=C\CCC(=O)NC(COC1OC(CO)C(O)C(O)C1O)C(O)/C=C/CC/C=C/CCCCCCCCCCCCCCCCCCCCCCCCCCCCC. The molecule has 0 radical (unpaired) electrons. The summed E-state index contributed by atoms with van der Waals surface area (Å²) < 4.78 is 11.2. The third-order valence-electron chi connectivity index (χ3n) is 14.2. The predicted molar refractivity (Wildman–Crippen MR) is 318 cm³/mol. The molecule has 75 heavy (non-hydrogen) atoms. The van der Waals surface area contributed by atoms with Crippen LogP contribution in [0.1, 0.15) is 258 Å². The Hall–Kier alpha value is -2.89. The average Bonchev–Trinajstić information content (AvgIpc) is 3.41. The molecule has 1 aliphatic rings. The Labute approximate surface area is 460 Å². The lowest BCUT2D eigenvalue weighted by Crippen LogP contribution is -2.60. The quantitative estimate of drug-likeness (QED) is 0.0261. The van der Waals surface area contributed by atoms with E-state index in [0.717, 1.165) is 57.8 Å². The number of amides is 1. The van der Waals surface area contributed by atoms with E-state index in [1.807, 2.05) is 18.2 Å². The van der Waals surface area contributed by atoms with Crippen LogP contribution >= 0.6 is 0 Å². The summed E-state index contributed by atoms with van der Waals surface area (Å²) in [6.45, 7) is 3.62. The third kappa shape index (κ3) is 43.7. The van der Waals surface area contributed by atoms with E-state index < -0.39 is 49.5 Å². The molecule has 0 aromatic rings. The van der Waals surface area contributed by atoms with Gasteiger partial charge in [0.25, 0.3) is 0 Å². The number of hydrogen-bond donors (Lipinski definition) is 6. The van der Waals surface area contributed by atoms with E-state index in [1.54, 1.807) is 6.08 Å². The van der Waals surface area contributed by atoms with Crippen LogP contribution in [0.2, 0.25) is 0 Å². The van der Waals surface area contributed by atoms with E-state index in [4.69, 9.17) is 9.47 Å². The van der Waals surface area contributed by atoms with Crippen molar-refractivity contribution in [1.29, 1.82) is 0 Å². The van der Waals surface area contributed by atoms with Gasteiger partial charge >= 0.3 is 0 Å². The van der Waals surface area contributed by atoms with Crippen molar-refractivity contribution in [2.45, 2.75) is 301 Å². The van der Waals surface area contributed by atoms with Gasteiger partial charge in [-0.2, -0.15) is 0 Å². The van der Waals surface area contributed by atoms with Crippen LogP contribution in [-0.2, 0) is 14.3 Å². The molecule has 0 saturated carbocycles. The van der Waals surface area contributed by atoms with Crippen molar-refractivity contribution < 1.29 is 39.8 Å². The standard InChI is InChI=1S/C66H115NO8/c1-3-5-7-9-11-13-15-17-19-21-23-24-25-26-27-28-29-30-31-32-33-34-35-36-38-39-41-43-45-47-49-51-53-55-60(69)59(58-74-66-65(73)64(72)63(71)61(57-68)75-66)67-62(70)56-54-52-50-48-46-44-42-40-37-22-20-18-16-14-12-10-8-6-4-2/h6,8,12,14,18,20,37,40,44-47,50,52-53,55,59-61,63-66,68-69,71-73H,3-5,7,9-11,13,15-17,19,21-36,38-39,41-43,48-49,51,54,56-58H2,1-2H3,(H,67,70)/b8-6-,14-12-,20-18-,40-37-,46-44-,47-45+,52-50-,55-53+. The van der Waals surface area contributed by atoms with Gasteiger partial charge in [-0.15, -0.1) is 0 Å². The lowest BCUT2D eigenvalue weighted by atomic mass is 9.99. The topological polar surface area (TPSA) is 149 Å². The van der Waals surface area contributed by atoms with Gasteiger partial charge in [0, 0.05) is 6.42 Å². The maximum Gasteiger partial charge on any atom is 0.220 e. The Morgan fingerprint density at radius 1 is 0.467 bits per heavy atom. The Balaban J connectivity index is 2.22. The van der Waals surface area contributed by atoms with Gasteiger partial charge in [-0.1, -0.05) is 278 Å². The molecule has 1 saturated heterocycles. The van der Waals surface area contributed by atoms with Crippen molar-refractivity contribution in [3.63, 3.8) is 0 Å². The van der Waals surface area contributed by atoms with Gasteiger partial charge in [-0.25, -0.2) is 0 Å². The molecule has 9 heteroatoms. The van der Waals surface area contributed by atoms with E-state index in [9.17, 15) is 30.3 Å². The summed E-state index contributed by atoms with van der Waals surface area (Å²) in [6.07, 6.45) is 72.3. The van der Waals surface area contributed by atoms with Crippen molar-refractivity contribution in [3.05, 3.63) is 97.2 Å². The van der Waals surface area contributed by atoms with Gasteiger partial charge in [-0.3, -0.25) is 4.79 Å². The fourth-order valence-electron chi connectivity index (χ4n) is 9.31. The molecule has 7 unspecified atom stereocenters. The molecule has 0 aromatic carbocycles. The van der Waals surface area contributed by atoms with Crippen LogP contribution in [0.15, 0.2) is 97.2 Å². The first-order valence-electron chi connectivity index (χ1n) is 31.0. The first-order chi connectivity index (χ1) is 36.8. The predicted octanol–water partition coefficient (Wildman–Crippen LogP) is 16.0. The molecule has 1 heterocycles. The minimum absolute atomic E-state index is 0.208. The van der Waals surface area contributed by atoms with Crippen molar-refractivity contribution in [2.24, 2.45) is 0 Å². The van der Waals surface area contributed by atoms with Gasteiger partial charge in [-0.05, 0) is 70.6 Å². The van der Waals surface area contributed by atoms with Crippen molar-refractivity contribution in [1.82, 2.24) is 5.32 Å². The summed E-state index contributed by atoms with van der Waals surface area (Å²) in [5.41, 5.74) is 0. The molecule has 0 bridgehead atoms. The van der Waals surface area contributed by atoms with Crippen molar-refractivity contribution in [2.75, 3.05) is 13.2 Å². The minimum Gasteiger partial charge on any atom is -0.394 e. The molecule has 1 amide bonds. The highest BCUT2D eigenvalue weighted by atomic mass is 16.7. The largest absolute Gasteiger partial charge is 0.394 e. The van der Waals surface area contributed by atoms with E-state index >= 15 is 0 Å². The number of aliphatic hydroxyl groups excluding tert-OH is 5. The Morgan fingerprint density at radius 2 is 0.840 bits per heavy atom. The summed E-state index contributed by atoms with van der Waals surface area (Å²) in [4.78, 5) is 13.0. The van der Waals surface area contributed by atoms with Crippen LogP contribution < -0.4 is 5.32 Å². The molecule has 1 rings (SSSR count). The highest BCUT2D eigenvalue weighted by Crippen LogP contribution is 2.23. The summed E-state index contributed by atoms with van der Waals surface area (Å²) in [5, 5.41) is 54.4. The second kappa shape index (κ2) is 54.5. The van der Waals surface area contributed by atoms with Gasteiger partial charge in [0.1, 0.15) is 24.4 Å². The zero-order chi connectivity index (χ0) is 54.3. The Kier molecular flexibility index (Phi) is 50.9. The molecule has 6 N–H and O–H groups in total. The third-order valence-corrected chi connectivity index (χ3v) is 14.2. The summed E-state index contributed by atoms with van der Waals surface area (Å²) >= 11 is 0. The van der Waals surface area contributed by atoms with E-state index in [2.05, 4.69) is 92.1 Å². The summed E-state index contributed by atoms with van der Waals surface area (Å²) in [5.74, 6) is -0.270. The molecule has 432 valence electrons. The second-order valence-corrected chi connectivity index (χ2v) is 21.1. The van der Waals surface area contributed by atoms with Crippen LogP contribution in [0.3, 0.4) is 0 Å². The first kappa shape index (κ1) is 70.1. The fraction of sp³-hybridized carbons (Fsp3) is 0.742. The van der Waals surface area contributed by atoms with Crippen LogP contribution in [-0.4, -0.2) is 87.5 Å². The van der Waals surface area contributed by atoms with Gasteiger partial charge in [0.2, 0.25) is 5.91 Å². The Bertz CT molecular complexity index is 1500. The number of allylic oxidation sites excluding steroid dienone is 15. The molecule has 9 nitrogen and oxygen atoms in total. The van der Waals surface area contributed by atoms with Gasteiger partial charge in [0.05, 0.1) is 25.4 Å². The van der Waals surface area contributed by atoms with Crippen LogP contribution in [0.5, 0.6) is 0 Å². The van der Waals surface area contributed by atoms with E-state index in [0.29, 0.717) is 6.42 Å². The second-order valence-electron chi connectivity index (χ2n) is 21.1. The molecular weight excluding hydrogens is 935 g/mol. The minimum atomic E-state index is -1.59. The summed E-state index contributed by atoms with van der Waals surface area (Å²) in [7, 11) is 0. The summed E-state index contributed by atoms with van der Waals surface area (Å²) in [6, 6.07) is -0.870. The smallest absolute Gasteiger partial charge is 0.220 e. The van der Waals surface area contributed by atoms with Crippen LogP contribution in [0.25, 0.3) is 0 Å². The van der Waals surface area contributed by atoms with E-state index in [1.165, 1.54) is 173 Å². The van der Waals surface area contributed by atoms with Crippen LogP contribution in [0.4, 0.5) is 0 Å². The van der Waals surface area contributed by atoms with E-state index in [-0.39, 0.29) is 18.9 Å². The maximum absolute atomic E-state index is 13.0. The molecule has 1 fully saturated rings. The number of carbonyl (C=O) groups excluding carboxylic acids is 1.